The molecule has 34 heavy (non-hydrogen) atoms. The van der Waals surface area contributed by atoms with Crippen molar-refractivity contribution in [1.29, 1.82) is 0 Å². The number of nitrogens with zero attached hydrogens (tertiary/aromatic N) is 6. The van der Waals surface area contributed by atoms with Gasteiger partial charge in [-0.05, 0) is 49.2 Å². The van der Waals surface area contributed by atoms with Gasteiger partial charge in [0.1, 0.15) is 17.5 Å². The van der Waals surface area contributed by atoms with Crippen LogP contribution in [0.3, 0.4) is 0 Å². The molecule has 0 atom stereocenters. The Labute approximate surface area is 200 Å². The Morgan fingerprint density at radius 1 is 0.971 bits per heavy atom. The van der Waals surface area contributed by atoms with Gasteiger partial charge in [0.25, 0.3) is 5.91 Å². The summed E-state index contributed by atoms with van der Waals surface area (Å²) in [6, 6.07) is 13.4. The Morgan fingerprint density at radius 3 is 2.41 bits per heavy atom. The fourth-order valence-electron chi connectivity index (χ4n) is 4.37. The van der Waals surface area contributed by atoms with Gasteiger partial charge in [0.15, 0.2) is 5.65 Å². The Morgan fingerprint density at radius 2 is 1.71 bits per heavy atom. The van der Waals surface area contributed by atoms with Gasteiger partial charge in [0.2, 0.25) is 0 Å². The van der Waals surface area contributed by atoms with E-state index in [9.17, 15) is 9.18 Å². The van der Waals surface area contributed by atoms with Crippen molar-refractivity contribution in [2.24, 2.45) is 0 Å². The lowest BCUT2D eigenvalue weighted by Gasteiger charge is -2.35. The van der Waals surface area contributed by atoms with E-state index in [4.69, 9.17) is 21.6 Å². The molecular weight excluding hydrogens is 455 g/mol. The van der Waals surface area contributed by atoms with E-state index in [1.807, 2.05) is 17.0 Å². The zero-order chi connectivity index (χ0) is 23.2. The molecule has 2 fully saturated rings. The fraction of sp³-hybridized carbons (Fsp3) is 0.280. The van der Waals surface area contributed by atoms with Gasteiger partial charge in [-0.15, -0.1) is 0 Å². The summed E-state index contributed by atoms with van der Waals surface area (Å²) < 4.78 is 15.2. The quantitative estimate of drug-likeness (QED) is 0.435. The van der Waals surface area contributed by atoms with Gasteiger partial charge in [-0.2, -0.15) is 5.10 Å². The van der Waals surface area contributed by atoms with E-state index < -0.39 is 0 Å². The highest BCUT2D eigenvalue weighted by molar-refractivity contribution is 6.33. The second-order valence-corrected chi connectivity index (χ2v) is 9.12. The van der Waals surface area contributed by atoms with Crippen LogP contribution in [0, 0.1) is 5.82 Å². The summed E-state index contributed by atoms with van der Waals surface area (Å²) in [7, 11) is 0. The minimum absolute atomic E-state index is 0.0547. The van der Waals surface area contributed by atoms with Crippen molar-refractivity contribution in [3.63, 3.8) is 0 Å². The van der Waals surface area contributed by atoms with Crippen molar-refractivity contribution in [2.75, 3.05) is 31.1 Å². The van der Waals surface area contributed by atoms with Gasteiger partial charge in [0.05, 0.1) is 27.9 Å². The van der Waals surface area contributed by atoms with Crippen LogP contribution in [0.15, 0.2) is 54.7 Å². The van der Waals surface area contributed by atoms with Crippen LogP contribution < -0.4 is 4.90 Å². The molecule has 0 unspecified atom stereocenters. The maximum Gasteiger partial charge on any atom is 0.255 e. The Balaban J connectivity index is 1.30. The predicted octanol–water partition coefficient (Wildman–Crippen LogP) is 4.45. The van der Waals surface area contributed by atoms with Crippen LogP contribution in [-0.2, 0) is 0 Å². The first-order valence-electron chi connectivity index (χ1n) is 11.4. The number of benzene rings is 2. The number of carbonyl (C=O) groups excluding carboxylic acids is 1. The third-order valence-electron chi connectivity index (χ3n) is 6.41. The highest BCUT2D eigenvalue weighted by Gasteiger charge is 2.31. The van der Waals surface area contributed by atoms with Crippen LogP contribution in [-0.4, -0.2) is 56.7 Å². The maximum absolute atomic E-state index is 13.4. The smallest absolute Gasteiger partial charge is 0.255 e. The normalized spacial score (nSPS) is 16.3. The van der Waals surface area contributed by atoms with Crippen molar-refractivity contribution >= 4 is 34.4 Å². The first-order valence-corrected chi connectivity index (χ1v) is 11.8. The SMILES string of the molecule is O=C(c1ccccc1Cl)N1CCN(c2nc(C3CC3)nc3c2cnn3-c2ccc(F)cc2)CC1. The Kier molecular flexibility index (Phi) is 5.17. The molecule has 2 aromatic heterocycles. The van der Waals surface area contributed by atoms with E-state index in [0.717, 1.165) is 35.6 Å². The van der Waals surface area contributed by atoms with Crippen molar-refractivity contribution in [3.05, 3.63) is 77.0 Å². The molecule has 7 nitrogen and oxygen atoms in total. The zero-order valence-electron chi connectivity index (χ0n) is 18.4. The maximum atomic E-state index is 13.4. The van der Waals surface area contributed by atoms with Crippen molar-refractivity contribution in [1.82, 2.24) is 24.6 Å². The molecular formula is C25H22ClFN6O. The van der Waals surface area contributed by atoms with Crippen LogP contribution in [0.4, 0.5) is 10.2 Å². The molecule has 1 aliphatic carbocycles. The van der Waals surface area contributed by atoms with E-state index in [1.165, 1.54) is 12.1 Å². The third-order valence-corrected chi connectivity index (χ3v) is 6.74. The van der Waals surface area contributed by atoms with E-state index >= 15 is 0 Å². The summed E-state index contributed by atoms with van der Waals surface area (Å²) >= 11 is 6.24. The number of halogens is 2. The molecule has 9 heteroatoms. The molecule has 0 N–H and O–H groups in total. The van der Waals surface area contributed by atoms with Crippen molar-refractivity contribution in [3.8, 4) is 5.69 Å². The monoisotopic (exact) mass is 476 g/mol. The number of hydrogen-bond acceptors (Lipinski definition) is 5. The predicted molar refractivity (Wildman–Crippen MR) is 128 cm³/mol. The average molecular weight is 477 g/mol. The molecule has 1 saturated heterocycles. The molecule has 2 aromatic carbocycles. The number of carbonyl (C=O) groups is 1. The van der Waals surface area contributed by atoms with E-state index in [1.54, 1.807) is 35.1 Å². The number of aromatic nitrogens is 4. The second-order valence-electron chi connectivity index (χ2n) is 8.71. The lowest BCUT2D eigenvalue weighted by molar-refractivity contribution is 0.0747. The van der Waals surface area contributed by atoms with Crippen molar-refractivity contribution in [2.45, 2.75) is 18.8 Å². The van der Waals surface area contributed by atoms with Crippen molar-refractivity contribution < 1.29 is 9.18 Å². The number of hydrogen-bond donors (Lipinski definition) is 0. The van der Waals surface area contributed by atoms with Gasteiger partial charge < -0.3 is 9.80 Å². The van der Waals surface area contributed by atoms with E-state index in [0.29, 0.717) is 48.3 Å². The summed E-state index contributed by atoms with van der Waals surface area (Å²) in [5.41, 5.74) is 1.99. The van der Waals surface area contributed by atoms with Gasteiger partial charge in [-0.3, -0.25) is 4.79 Å². The summed E-state index contributed by atoms with van der Waals surface area (Å²) in [5.74, 6) is 1.67. The lowest BCUT2D eigenvalue weighted by atomic mass is 10.1. The summed E-state index contributed by atoms with van der Waals surface area (Å²) in [6.45, 7) is 2.43. The molecule has 1 amide bonds. The Bertz CT molecular complexity index is 1380. The lowest BCUT2D eigenvalue weighted by Crippen LogP contribution is -2.49. The van der Waals surface area contributed by atoms with Crippen LogP contribution in [0.2, 0.25) is 5.02 Å². The highest BCUT2D eigenvalue weighted by Crippen LogP contribution is 2.40. The molecule has 172 valence electrons. The standard InChI is InChI=1S/C25H22ClFN6O/c26-21-4-2-1-3-19(21)25(34)32-13-11-31(12-14-32)23-20-15-28-33(18-9-7-17(27)8-10-18)24(20)30-22(29-23)16-5-6-16/h1-4,7-10,15-16H,5-6,11-14H2. The first kappa shape index (κ1) is 21.0. The zero-order valence-corrected chi connectivity index (χ0v) is 19.1. The number of piperazine rings is 1. The number of anilines is 1. The summed E-state index contributed by atoms with van der Waals surface area (Å²) in [6.07, 6.45) is 3.93. The van der Waals surface area contributed by atoms with E-state index in [2.05, 4.69) is 10.00 Å². The second kappa shape index (κ2) is 8.36. The Hall–Kier alpha value is -3.52. The highest BCUT2D eigenvalue weighted by atomic mass is 35.5. The van der Waals surface area contributed by atoms with Gasteiger partial charge in [-0.1, -0.05) is 23.7 Å². The van der Waals surface area contributed by atoms with Crippen LogP contribution in [0.5, 0.6) is 0 Å². The van der Waals surface area contributed by atoms with E-state index in [-0.39, 0.29) is 11.7 Å². The molecule has 3 heterocycles. The van der Waals surface area contributed by atoms with Gasteiger partial charge in [0, 0.05) is 32.1 Å². The fourth-order valence-corrected chi connectivity index (χ4v) is 4.59. The summed E-state index contributed by atoms with van der Waals surface area (Å²) in [4.78, 5) is 26.8. The van der Waals surface area contributed by atoms with Gasteiger partial charge in [-0.25, -0.2) is 19.0 Å². The minimum atomic E-state index is -0.293. The topological polar surface area (TPSA) is 67.2 Å². The van der Waals surface area contributed by atoms with Crippen LogP contribution >= 0.6 is 11.6 Å². The first-order chi connectivity index (χ1) is 16.6. The molecule has 2 aliphatic rings. The molecule has 6 rings (SSSR count). The third kappa shape index (κ3) is 3.77. The molecule has 0 radical (unpaired) electrons. The minimum Gasteiger partial charge on any atom is -0.352 e. The number of rotatable bonds is 4. The molecule has 0 bridgehead atoms. The average Bonchev–Trinajstić information content (AvgIpc) is 3.63. The van der Waals surface area contributed by atoms with Crippen LogP contribution in [0.25, 0.3) is 16.7 Å². The molecule has 4 aromatic rings. The molecule has 1 aliphatic heterocycles. The van der Waals surface area contributed by atoms with Gasteiger partial charge >= 0.3 is 0 Å². The molecule has 1 saturated carbocycles. The largest absolute Gasteiger partial charge is 0.352 e. The summed E-state index contributed by atoms with van der Waals surface area (Å²) in [5, 5.41) is 5.86. The number of fused-ring (bicyclic) bond motifs is 1. The molecule has 0 spiro atoms. The number of amides is 1. The van der Waals surface area contributed by atoms with Crippen LogP contribution in [0.1, 0.15) is 34.9 Å².